The second-order valence-corrected chi connectivity index (χ2v) is 6.86. The largest absolute Gasteiger partial charge is 0.462 e. The first-order valence-corrected chi connectivity index (χ1v) is 9.07. The zero-order valence-electron chi connectivity index (χ0n) is 14.2. The normalized spacial score (nSPS) is 29.0. The molecule has 1 amide bonds. The summed E-state index contributed by atoms with van der Waals surface area (Å²) in [6.45, 7) is -0.491. The number of aliphatic hydroxyl groups excluding tert-OH is 4. The summed E-state index contributed by atoms with van der Waals surface area (Å²) in [6, 6.07) is 7.64. The van der Waals surface area contributed by atoms with Gasteiger partial charge in [-0.2, -0.15) is 0 Å². The number of hydrogen-bond donors (Lipinski definition) is 6. The van der Waals surface area contributed by atoms with Crippen LogP contribution in [0.4, 0.5) is 10.5 Å². The predicted octanol–water partition coefficient (Wildman–Crippen LogP) is -1.38. The third-order valence-electron chi connectivity index (χ3n) is 3.79. The number of anilines is 1. The van der Waals surface area contributed by atoms with Crippen LogP contribution in [-0.2, 0) is 14.3 Å². The van der Waals surface area contributed by atoms with Crippen molar-refractivity contribution in [3.05, 3.63) is 30.3 Å². The van der Waals surface area contributed by atoms with Crippen LogP contribution < -0.4 is 11.1 Å². The Morgan fingerprint density at radius 3 is 2.48 bits per heavy atom. The maximum absolute atomic E-state index is 11.9. The predicted molar refractivity (Wildman–Crippen MR) is 95.8 cm³/mol. The average Bonchev–Trinajstić information content (AvgIpc) is 2.66. The van der Waals surface area contributed by atoms with Crippen molar-refractivity contribution >= 4 is 28.7 Å². The van der Waals surface area contributed by atoms with E-state index in [4.69, 9.17) is 15.2 Å². The third-order valence-corrected chi connectivity index (χ3v) is 4.68. The molecule has 7 N–H and O–H groups in total. The molecule has 1 aliphatic rings. The number of amides is 1. The number of carbonyl (C=O) groups is 2. The lowest BCUT2D eigenvalue weighted by molar-refractivity contribution is -0.287. The lowest BCUT2D eigenvalue weighted by Crippen LogP contribution is -2.58. The van der Waals surface area contributed by atoms with Gasteiger partial charge < -0.3 is 41.0 Å². The number of para-hydroxylation sites is 1. The van der Waals surface area contributed by atoms with E-state index in [1.165, 1.54) is 0 Å². The van der Waals surface area contributed by atoms with Gasteiger partial charge in [0.1, 0.15) is 37.1 Å². The van der Waals surface area contributed by atoms with Crippen molar-refractivity contribution in [3.63, 3.8) is 0 Å². The summed E-state index contributed by atoms with van der Waals surface area (Å²) in [7, 11) is 0. The van der Waals surface area contributed by atoms with Gasteiger partial charge in [-0.1, -0.05) is 30.0 Å². The Bertz CT molecular complexity index is 634. The van der Waals surface area contributed by atoms with Gasteiger partial charge in [0.2, 0.25) is 0 Å². The van der Waals surface area contributed by atoms with Crippen molar-refractivity contribution in [2.24, 2.45) is 5.73 Å². The molecule has 1 saturated heterocycles. The Kier molecular flexibility index (Phi) is 7.98. The minimum atomic E-state index is -1.72. The highest BCUT2D eigenvalue weighted by molar-refractivity contribution is 8.13. The summed E-state index contributed by atoms with van der Waals surface area (Å²) >= 11 is 0.801. The van der Waals surface area contributed by atoms with Crippen LogP contribution in [0, 0.1) is 0 Å². The quantitative estimate of drug-likeness (QED) is 0.312. The lowest BCUT2D eigenvalue weighted by atomic mass is 9.99. The monoisotopic (exact) mass is 402 g/mol. The second kappa shape index (κ2) is 9.99. The Morgan fingerprint density at radius 1 is 1.15 bits per heavy atom. The van der Waals surface area contributed by atoms with Crippen molar-refractivity contribution in [1.29, 1.82) is 0 Å². The number of carbonyl (C=O) groups excluding carboxylic acids is 2. The van der Waals surface area contributed by atoms with Crippen LogP contribution in [0.2, 0.25) is 0 Å². The molecule has 2 rings (SSSR count). The van der Waals surface area contributed by atoms with Gasteiger partial charge in [-0.25, -0.2) is 0 Å². The number of hydrogen-bond acceptors (Lipinski definition) is 10. The molecule has 0 bridgehead atoms. The first-order chi connectivity index (χ1) is 12.8. The molecule has 1 aliphatic heterocycles. The summed E-state index contributed by atoms with van der Waals surface area (Å²) in [5.41, 5.74) is 6.27. The maximum Gasteiger partial charge on any atom is 0.323 e. The molecule has 27 heavy (non-hydrogen) atoms. The van der Waals surface area contributed by atoms with Gasteiger partial charge >= 0.3 is 5.97 Å². The van der Waals surface area contributed by atoms with Crippen LogP contribution >= 0.6 is 11.8 Å². The van der Waals surface area contributed by atoms with E-state index in [9.17, 15) is 30.0 Å². The summed E-state index contributed by atoms with van der Waals surface area (Å²) in [5.74, 6) is -0.892. The molecular weight excluding hydrogens is 380 g/mol. The molecule has 0 aliphatic carbocycles. The number of benzene rings is 1. The van der Waals surface area contributed by atoms with Gasteiger partial charge in [0.05, 0.1) is 0 Å². The Morgan fingerprint density at radius 2 is 1.81 bits per heavy atom. The first kappa shape index (κ1) is 21.6. The van der Waals surface area contributed by atoms with E-state index >= 15 is 0 Å². The molecular formula is C16H22N2O8S. The zero-order chi connectivity index (χ0) is 20.0. The zero-order valence-corrected chi connectivity index (χ0v) is 15.0. The van der Waals surface area contributed by atoms with Crippen LogP contribution in [0.5, 0.6) is 0 Å². The summed E-state index contributed by atoms with van der Waals surface area (Å²) in [6.07, 6.45) is -7.84. The molecule has 0 aromatic heterocycles. The molecule has 1 fully saturated rings. The van der Waals surface area contributed by atoms with E-state index < -0.39 is 54.6 Å². The van der Waals surface area contributed by atoms with Crippen LogP contribution in [-0.4, -0.2) is 80.7 Å². The molecule has 0 spiro atoms. The molecule has 150 valence electrons. The molecule has 6 atom stereocenters. The van der Waals surface area contributed by atoms with Gasteiger partial charge in [-0.05, 0) is 12.1 Å². The van der Waals surface area contributed by atoms with E-state index in [2.05, 4.69) is 5.32 Å². The van der Waals surface area contributed by atoms with Crippen LogP contribution in [0.25, 0.3) is 0 Å². The number of esters is 1. The van der Waals surface area contributed by atoms with Crippen molar-refractivity contribution in [2.45, 2.75) is 36.7 Å². The topological polar surface area (TPSA) is 172 Å². The van der Waals surface area contributed by atoms with E-state index in [1.807, 2.05) is 0 Å². The van der Waals surface area contributed by atoms with E-state index in [0.29, 0.717) is 5.69 Å². The highest BCUT2D eigenvalue weighted by Gasteiger charge is 2.43. The number of ether oxygens (including phenoxy) is 2. The highest BCUT2D eigenvalue weighted by atomic mass is 32.2. The number of thioether (sulfide) groups is 1. The van der Waals surface area contributed by atoms with E-state index in [1.54, 1.807) is 30.3 Å². The SMILES string of the molecule is N[C@H](CSC(=O)Nc1ccccc1)C(=O)OC[C@H]1O[C@H](O)[C@H](O)[C@@H](O)[C@@H]1O. The molecule has 0 saturated carbocycles. The van der Waals surface area contributed by atoms with Gasteiger partial charge in [0.15, 0.2) is 6.29 Å². The molecule has 0 unspecified atom stereocenters. The molecule has 1 aromatic carbocycles. The number of nitrogens with one attached hydrogen (secondary N) is 1. The maximum atomic E-state index is 11.9. The standard InChI is InChI=1S/C16H22N2O8S/c17-9(7-27-16(24)18-8-4-2-1-3-5-8)14(22)25-6-10-11(19)12(20)13(21)15(23)26-10/h1-5,9-13,15,19-21,23H,6-7,17H2,(H,18,24)/t9-,10-,11-,12+,13-,15+/m1/s1. The van der Waals surface area contributed by atoms with Crippen LogP contribution in [0.3, 0.4) is 0 Å². The lowest BCUT2D eigenvalue weighted by Gasteiger charge is -2.37. The average molecular weight is 402 g/mol. The minimum Gasteiger partial charge on any atom is -0.462 e. The third kappa shape index (κ3) is 6.14. The smallest absolute Gasteiger partial charge is 0.323 e. The number of rotatable bonds is 6. The summed E-state index contributed by atoms with van der Waals surface area (Å²) in [4.78, 5) is 23.7. The van der Waals surface area contributed by atoms with Gasteiger partial charge in [-0.15, -0.1) is 0 Å². The van der Waals surface area contributed by atoms with Crippen molar-refractivity contribution < 1.29 is 39.5 Å². The second-order valence-electron chi connectivity index (χ2n) is 5.86. The van der Waals surface area contributed by atoms with E-state index in [-0.39, 0.29) is 5.75 Å². The Hall–Kier alpha value is -1.73. The Balaban J connectivity index is 1.73. The fraction of sp³-hybridized carbons (Fsp3) is 0.500. The molecule has 1 aromatic rings. The van der Waals surface area contributed by atoms with Gasteiger partial charge in [0, 0.05) is 11.4 Å². The van der Waals surface area contributed by atoms with Crippen molar-refractivity contribution in [2.75, 3.05) is 17.7 Å². The van der Waals surface area contributed by atoms with Crippen molar-refractivity contribution in [3.8, 4) is 0 Å². The van der Waals surface area contributed by atoms with Gasteiger partial charge in [0.25, 0.3) is 5.24 Å². The molecule has 1 heterocycles. The summed E-state index contributed by atoms with van der Waals surface area (Å²) < 4.78 is 9.78. The Labute approximate surface area is 159 Å². The van der Waals surface area contributed by atoms with E-state index in [0.717, 1.165) is 11.8 Å². The van der Waals surface area contributed by atoms with Gasteiger partial charge in [-0.3, -0.25) is 9.59 Å². The van der Waals surface area contributed by atoms with Crippen molar-refractivity contribution in [1.82, 2.24) is 0 Å². The molecule has 0 radical (unpaired) electrons. The fourth-order valence-corrected chi connectivity index (χ4v) is 2.91. The fourth-order valence-electron chi connectivity index (χ4n) is 2.25. The highest BCUT2D eigenvalue weighted by Crippen LogP contribution is 2.20. The number of nitrogens with two attached hydrogens (primary N) is 1. The minimum absolute atomic E-state index is 0.0461. The van der Waals surface area contributed by atoms with Crippen LogP contribution in [0.1, 0.15) is 0 Å². The van der Waals surface area contributed by atoms with Crippen LogP contribution in [0.15, 0.2) is 30.3 Å². The summed E-state index contributed by atoms with van der Waals surface area (Å²) in [5, 5.41) is 40.4. The first-order valence-electron chi connectivity index (χ1n) is 8.08. The molecule has 10 nitrogen and oxygen atoms in total. The number of aliphatic hydroxyl groups is 4. The molecule has 11 heteroatoms.